The van der Waals surface area contributed by atoms with Crippen molar-refractivity contribution in [3.63, 3.8) is 0 Å². The Hall–Kier alpha value is -1.66. The van der Waals surface area contributed by atoms with Crippen molar-refractivity contribution in [2.75, 3.05) is 13.2 Å². The average molecular weight is 1080 g/mol. The van der Waals surface area contributed by atoms with Gasteiger partial charge in [-0.1, -0.05) is 346 Å². The van der Waals surface area contributed by atoms with Crippen LogP contribution in [0, 0.1) is 0 Å². The predicted molar refractivity (Wildman–Crippen MR) is 338 cm³/mol. The zero-order valence-corrected chi connectivity index (χ0v) is 52.2. The molecule has 1 amide bonds. The molecule has 0 aromatic heterocycles. The highest BCUT2D eigenvalue weighted by Crippen LogP contribution is 2.19. The largest absolute Gasteiger partial charge is 0.466 e. The Morgan fingerprint density at radius 1 is 0.351 bits per heavy atom. The summed E-state index contributed by atoms with van der Waals surface area (Å²) in [5, 5.41) is 23.1. The number of carbonyl (C=O) groups excluding carboxylic acids is 2. The van der Waals surface area contributed by atoms with Crippen LogP contribution < -0.4 is 5.32 Å². The van der Waals surface area contributed by atoms with Crippen LogP contribution in [0.15, 0.2) is 24.3 Å². The Morgan fingerprint density at radius 2 is 0.610 bits per heavy atom. The van der Waals surface area contributed by atoms with Crippen LogP contribution in [0.1, 0.15) is 393 Å². The van der Waals surface area contributed by atoms with E-state index in [0.29, 0.717) is 19.4 Å². The van der Waals surface area contributed by atoms with E-state index in [0.717, 1.165) is 38.5 Å². The van der Waals surface area contributed by atoms with Gasteiger partial charge >= 0.3 is 5.97 Å². The molecular formula is C71H137NO5. The Morgan fingerprint density at radius 3 is 0.922 bits per heavy atom. The van der Waals surface area contributed by atoms with Gasteiger partial charge in [-0.3, -0.25) is 9.59 Å². The second-order valence-electron chi connectivity index (χ2n) is 24.2. The van der Waals surface area contributed by atoms with Crippen molar-refractivity contribution in [2.24, 2.45) is 0 Å². The monoisotopic (exact) mass is 1080 g/mol. The van der Waals surface area contributed by atoms with E-state index >= 15 is 0 Å². The molecule has 456 valence electrons. The molecule has 2 unspecified atom stereocenters. The summed E-state index contributed by atoms with van der Waals surface area (Å²) in [4.78, 5) is 24.5. The van der Waals surface area contributed by atoms with Crippen molar-refractivity contribution < 1.29 is 24.5 Å². The third-order valence-electron chi connectivity index (χ3n) is 16.5. The van der Waals surface area contributed by atoms with E-state index in [1.165, 1.54) is 327 Å². The van der Waals surface area contributed by atoms with Crippen LogP contribution in [-0.4, -0.2) is 47.4 Å². The summed E-state index contributed by atoms with van der Waals surface area (Å²) in [5.74, 6) is -0.0426. The van der Waals surface area contributed by atoms with Gasteiger partial charge in [0, 0.05) is 12.8 Å². The topological polar surface area (TPSA) is 95.9 Å². The van der Waals surface area contributed by atoms with E-state index in [4.69, 9.17) is 4.74 Å². The molecule has 6 nitrogen and oxygen atoms in total. The van der Waals surface area contributed by atoms with Crippen LogP contribution in [0.3, 0.4) is 0 Å². The van der Waals surface area contributed by atoms with Gasteiger partial charge in [-0.15, -0.1) is 0 Å². The zero-order valence-electron chi connectivity index (χ0n) is 52.2. The Balaban J connectivity index is 3.35. The highest BCUT2D eigenvalue weighted by atomic mass is 16.5. The fourth-order valence-electron chi connectivity index (χ4n) is 11.1. The Bertz CT molecular complexity index is 1200. The van der Waals surface area contributed by atoms with Crippen molar-refractivity contribution in [2.45, 2.75) is 405 Å². The van der Waals surface area contributed by atoms with E-state index in [1.807, 2.05) is 6.08 Å². The smallest absolute Gasteiger partial charge is 0.305 e. The van der Waals surface area contributed by atoms with Crippen molar-refractivity contribution >= 4 is 11.9 Å². The molecule has 2 atom stereocenters. The lowest BCUT2D eigenvalue weighted by atomic mass is 10.0. The van der Waals surface area contributed by atoms with Gasteiger partial charge in [-0.25, -0.2) is 0 Å². The molecule has 0 bridgehead atoms. The van der Waals surface area contributed by atoms with Gasteiger partial charge in [-0.05, 0) is 57.8 Å². The molecule has 0 radical (unpaired) electrons. The number of esters is 1. The minimum Gasteiger partial charge on any atom is -0.466 e. The van der Waals surface area contributed by atoms with Crippen LogP contribution in [0.25, 0.3) is 0 Å². The van der Waals surface area contributed by atoms with Crippen LogP contribution in [0.2, 0.25) is 0 Å². The molecule has 0 saturated carbocycles. The molecule has 6 heteroatoms. The first-order chi connectivity index (χ1) is 38.0. The second-order valence-corrected chi connectivity index (χ2v) is 24.2. The van der Waals surface area contributed by atoms with Crippen LogP contribution in [-0.2, 0) is 14.3 Å². The van der Waals surface area contributed by atoms with Crippen molar-refractivity contribution in [1.29, 1.82) is 0 Å². The number of amides is 1. The number of hydrogen-bond acceptors (Lipinski definition) is 5. The number of unbranched alkanes of at least 4 members (excludes halogenated alkanes) is 53. The third-order valence-corrected chi connectivity index (χ3v) is 16.5. The molecule has 0 saturated heterocycles. The molecule has 0 aromatic rings. The normalized spacial score (nSPS) is 12.6. The first kappa shape index (κ1) is 75.3. The quantitative estimate of drug-likeness (QED) is 0.0320. The first-order valence-electron chi connectivity index (χ1n) is 35.1. The maximum Gasteiger partial charge on any atom is 0.305 e. The summed E-state index contributed by atoms with van der Waals surface area (Å²) in [6.07, 6.45) is 84.1. The number of aliphatic hydroxyl groups excluding tert-OH is 2. The summed E-state index contributed by atoms with van der Waals surface area (Å²) >= 11 is 0. The van der Waals surface area contributed by atoms with Crippen LogP contribution in [0.5, 0.6) is 0 Å². The fourth-order valence-corrected chi connectivity index (χ4v) is 11.1. The van der Waals surface area contributed by atoms with E-state index in [1.54, 1.807) is 6.08 Å². The fraction of sp³-hybridized carbons (Fsp3) is 0.915. The van der Waals surface area contributed by atoms with Crippen LogP contribution >= 0.6 is 0 Å². The number of hydrogen-bond donors (Lipinski definition) is 3. The Kier molecular flexibility index (Phi) is 65.4. The Labute approximate surface area is 481 Å². The van der Waals surface area contributed by atoms with E-state index < -0.39 is 12.1 Å². The molecular weight excluding hydrogens is 947 g/mol. The molecule has 3 N–H and O–H groups in total. The molecule has 77 heavy (non-hydrogen) atoms. The third kappa shape index (κ3) is 63.4. The highest BCUT2D eigenvalue weighted by Gasteiger charge is 2.18. The standard InChI is InChI=1S/C71H137NO5/c1-3-5-7-9-11-13-15-17-39-43-47-51-55-59-63-69(74)68(67-73)72-70(75)64-60-56-52-48-44-40-37-35-33-31-29-27-25-23-21-19-20-22-24-26-28-30-32-34-36-38-42-46-50-54-58-62-66-77-71(76)65-61-57-53-49-45-41-18-16-14-12-10-8-6-4-2/h22,24,59,63,68-69,73-74H,3-21,23,25-58,60-62,64-67H2,1-2H3,(H,72,75)/b24-22-,63-59+. The van der Waals surface area contributed by atoms with Gasteiger partial charge in [0.1, 0.15) is 0 Å². The lowest BCUT2D eigenvalue weighted by Gasteiger charge is -2.20. The van der Waals surface area contributed by atoms with E-state index in [-0.39, 0.29) is 18.5 Å². The summed E-state index contributed by atoms with van der Waals surface area (Å²) in [6, 6.07) is -0.625. The number of nitrogens with one attached hydrogen (secondary N) is 1. The number of rotatable bonds is 66. The van der Waals surface area contributed by atoms with Gasteiger partial charge in [-0.2, -0.15) is 0 Å². The number of carbonyl (C=O) groups is 2. The lowest BCUT2D eigenvalue weighted by molar-refractivity contribution is -0.143. The van der Waals surface area contributed by atoms with E-state index in [9.17, 15) is 19.8 Å². The van der Waals surface area contributed by atoms with Gasteiger partial charge < -0.3 is 20.3 Å². The summed E-state index contributed by atoms with van der Waals surface area (Å²) < 4.78 is 5.49. The molecule has 0 aromatic carbocycles. The van der Waals surface area contributed by atoms with Crippen molar-refractivity contribution in [3.05, 3.63) is 24.3 Å². The maximum absolute atomic E-state index is 12.5. The van der Waals surface area contributed by atoms with Crippen molar-refractivity contribution in [1.82, 2.24) is 5.32 Å². The van der Waals surface area contributed by atoms with Gasteiger partial charge in [0.15, 0.2) is 0 Å². The molecule has 0 fully saturated rings. The average Bonchev–Trinajstić information content (AvgIpc) is 3.43. The van der Waals surface area contributed by atoms with Gasteiger partial charge in [0.05, 0.1) is 25.4 Å². The predicted octanol–water partition coefficient (Wildman–Crippen LogP) is 22.5. The maximum atomic E-state index is 12.5. The molecule has 0 rings (SSSR count). The minimum absolute atomic E-state index is 0.0208. The highest BCUT2D eigenvalue weighted by molar-refractivity contribution is 5.76. The SMILES string of the molecule is CCCCCCCCCCCCCC/C=C/C(O)C(CO)NC(=O)CCCCCCCCCCCCCCCCCC/C=C\CCCCCCCCCCCCCCOC(=O)CCCCCCCCCCCCCCCC. The molecule has 0 aliphatic heterocycles. The summed E-state index contributed by atoms with van der Waals surface area (Å²) in [7, 11) is 0. The lowest BCUT2D eigenvalue weighted by Crippen LogP contribution is -2.45. The van der Waals surface area contributed by atoms with Crippen LogP contribution in [0.4, 0.5) is 0 Å². The number of allylic oxidation sites excluding steroid dienone is 3. The molecule has 0 aliphatic carbocycles. The molecule has 0 heterocycles. The van der Waals surface area contributed by atoms with Gasteiger partial charge in [0.25, 0.3) is 0 Å². The zero-order chi connectivity index (χ0) is 55.7. The number of aliphatic hydroxyl groups is 2. The summed E-state index contributed by atoms with van der Waals surface area (Å²) in [5.41, 5.74) is 0. The second kappa shape index (κ2) is 66.8. The van der Waals surface area contributed by atoms with Gasteiger partial charge in [0.2, 0.25) is 5.91 Å². The molecule has 0 spiro atoms. The summed E-state index contributed by atoms with van der Waals surface area (Å²) in [6.45, 7) is 4.94. The van der Waals surface area contributed by atoms with Crippen molar-refractivity contribution in [3.8, 4) is 0 Å². The first-order valence-corrected chi connectivity index (χ1v) is 35.1. The van der Waals surface area contributed by atoms with E-state index in [2.05, 4.69) is 31.3 Å². The number of ether oxygens (including phenoxy) is 1. The molecule has 0 aliphatic rings. The minimum atomic E-state index is -0.842.